The van der Waals surface area contributed by atoms with Crippen molar-refractivity contribution >= 4 is 10.1 Å². The number of aliphatic hydroxyl groups excluding tert-OH is 1. The van der Waals surface area contributed by atoms with Gasteiger partial charge in [-0.3, -0.25) is 4.55 Å². The van der Waals surface area contributed by atoms with E-state index in [-0.39, 0.29) is 4.90 Å². The minimum absolute atomic E-state index is 0.0666. The van der Waals surface area contributed by atoms with Gasteiger partial charge in [-0.05, 0) is 37.8 Å². The molecule has 1 aromatic carbocycles. The first-order chi connectivity index (χ1) is 8.27. The first kappa shape index (κ1) is 17.1. The molecule has 0 saturated heterocycles. The first-order valence-corrected chi connectivity index (χ1v) is 7.36. The van der Waals surface area contributed by atoms with Crippen molar-refractivity contribution in [3.05, 3.63) is 29.8 Å². The Morgan fingerprint density at radius 3 is 1.94 bits per heavy atom. The Labute approximate surface area is 109 Å². The molecule has 0 aliphatic rings. The van der Waals surface area contributed by atoms with E-state index in [4.69, 9.17) is 9.66 Å². The summed E-state index contributed by atoms with van der Waals surface area (Å²) in [4.78, 5) is -0.0666. The number of aryl methyl sites for hydroxylation is 1. The van der Waals surface area contributed by atoms with Gasteiger partial charge in [-0.1, -0.05) is 31.5 Å². The van der Waals surface area contributed by atoms with E-state index < -0.39 is 10.1 Å². The summed E-state index contributed by atoms with van der Waals surface area (Å²) >= 11 is 0. The lowest BCUT2D eigenvalue weighted by atomic mass is 10.1. The molecule has 2 N–H and O–H groups in total. The molecule has 0 amide bonds. The summed E-state index contributed by atoms with van der Waals surface area (Å²) in [5.74, 6) is 0.743. The monoisotopic (exact) mass is 274 g/mol. The molecular weight excluding hydrogens is 252 g/mol. The van der Waals surface area contributed by atoms with Crippen LogP contribution < -0.4 is 0 Å². The summed E-state index contributed by atoms with van der Waals surface area (Å²) in [6.45, 7) is 6.51. The molecule has 0 bridgehead atoms. The van der Waals surface area contributed by atoms with Gasteiger partial charge in [0, 0.05) is 6.61 Å². The van der Waals surface area contributed by atoms with Crippen molar-refractivity contribution in [3.63, 3.8) is 0 Å². The molecule has 0 radical (unpaired) electrons. The summed E-state index contributed by atoms with van der Waals surface area (Å²) < 4.78 is 29.6. The molecule has 0 fully saturated rings. The Balaban J connectivity index is 0.000000360. The van der Waals surface area contributed by atoms with Crippen LogP contribution >= 0.6 is 0 Å². The molecule has 104 valence electrons. The van der Waals surface area contributed by atoms with Crippen molar-refractivity contribution in [2.24, 2.45) is 5.92 Å². The fourth-order valence-electron chi connectivity index (χ4n) is 1.21. The molecule has 18 heavy (non-hydrogen) atoms. The van der Waals surface area contributed by atoms with Crippen LogP contribution in [0, 0.1) is 12.8 Å². The van der Waals surface area contributed by atoms with Crippen molar-refractivity contribution in [1.82, 2.24) is 0 Å². The summed E-state index contributed by atoms with van der Waals surface area (Å²) in [7, 11) is -4.02. The highest BCUT2D eigenvalue weighted by molar-refractivity contribution is 7.85. The van der Waals surface area contributed by atoms with Gasteiger partial charge < -0.3 is 5.11 Å². The topological polar surface area (TPSA) is 74.6 Å². The van der Waals surface area contributed by atoms with E-state index in [2.05, 4.69) is 13.8 Å². The van der Waals surface area contributed by atoms with E-state index in [1.807, 2.05) is 6.92 Å². The highest BCUT2D eigenvalue weighted by atomic mass is 32.2. The van der Waals surface area contributed by atoms with E-state index in [0.29, 0.717) is 6.61 Å². The zero-order valence-corrected chi connectivity index (χ0v) is 11.9. The fraction of sp³-hybridized carbons (Fsp3) is 0.538. The molecule has 5 heteroatoms. The smallest absolute Gasteiger partial charge is 0.294 e. The van der Waals surface area contributed by atoms with Crippen LogP contribution in [0.3, 0.4) is 0 Å². The van der Waals surface area contributed by atoms with Gasteiger partial charge in [0.15, 0.2) is 0 Å². The molecule has 0 aromatic heterocycles. The van der Waals surface area contributed by atoms with Crippen molar-refractivity contribution < 1.29 is 18.1 Å². The van der Waals surface area contributed by atoms with Gasteiger partial charge in [0.2, 0.25) is 0 Å². The zero-order valence-electron chi connectivity index (χ0n) is 11.1. The Hall–Kier alpha value is -0.910. The van der Waals surface area contributed by atoms with Gasteiger partial charge in [-0.25, -0.2) is 0 Å². The van der Waals surface area contributed by atoms with Gasteiger partial charge in [0.1, 0.15) is 0 Å². The quantitative estimate of drug-likeness (QED) is 0.828. The number of benzene rings is 1. The average Bonchev–Trinajstić information content (AvgIpc) is 2.26. The second-order valence-corrected chi connectivity index (χ2v) is 5.97. The summed E-state index contributed by atoms with van der Waals surface area (Å²) in [5.41, 5.74) is 0.956. The minimum Gasteiger partial charge on any atom is -0.396 e. The molecule has 4 nitrogen and oxygen atoms in total. The number of rotatable bonds is 4. The molecule has 1 rings (SSSR count). The number of hydrogen-bond donors (Lipinski definition) is 2. The van der Waals surface area contributed by atoms with Crippen molar-refractivity contribution in [2.45, 2.75) is 38.5 Å². The van der Waals surface area contributed by atoms with Gasteiger partial charge >= 0.3 is 0 Å². The molecule has 0 spiro atoms. The SMILES string of the molecule is CC(C)CCCO.Cc1ccc(S(=O)(=O)O)cc1. The van der Waals surface area contributed by atoms with Crippen molar-refractivity contribution in [1.29, 1.82) is 0 Å². The summed E-state index contributed by atoms with van der Waals surface area (Å²) in [6, 6.07) is 5.99. The Kier molecular flexibility index (Phi) is 7.82. The van der Waals surface area contributed by atoms with E-state index >= 15 is 0 Å². The largest absolute Gasteiger partial charge is 0.396 e. The maximum Gasteiger partial charge on any atom is 0.294 e. The predicted octanol–water partition coefficient (Wildman–Crippen LogP) is 2.66. The Morgan fingerprint density at radius 2 is 1.67 bits per heavy atom. The van der Waals surface area contributed by atoms with E-state index in [9.17, 15) is 8.42 Å². The molecule has 0 aliphatic carbocycles. The lowest BCUT2D eigenvalue weighted by Crippen LogP contribution is -1.96. The van der Waals surface area contributed by atoms with Crippen LogP contribution in [0.1, 0.15) is 32.3 Å². The molecule has 0 saturated carbocycles. The maximum absolute atomic E-state index is 10.5. The van der Waals surface area contributed by atoms with Crippen LogP contribution in [0.5, 0.6) is 0 Å². The fourth-order valence-corrected chi connectivity index (χ4v) is 1.69. The maximum atomic E-state index is 10.5. The first-order valence-electron chi connectivity index (χ1n) is 5.92. The lowest BCUT2D eigenvalue weighted by molar-refractivity contribution is 0.276. The lowest BCUT2D eigenvalue weighted by Gasteiger charge is -1.98. The second-order valence-electron chi connectivity index (χ2n) is 4.55. The standard InChI is InChI=1S/C7H8O3S.C6H14O/c1-6-2-4-7(5-3-6)11(8,9)10;1-6(2)4-3-5-7/h2-5H,1H3,(H,8,9,10);6-7H,3-5H2,1-2H3. The molecule has 1 aromatic rings. The normalized spacial score (nSPS) is 11.0. The highest BCUT2D eigenvalue weighted by Gasteiger charge is 2.06. The van der Waals surface area contributed by atoms with Gasteiger partial charge in [0.25, 0.3) is 10.1 Å². The third-order valence-corrected chi connectivity index (χ3v) is 3.13. The second kappa shape index (κ2) is 8.24. The number of aliphatic hydroxyl groups is 1. The third kappa shape index (κ3) is 8.22. The van der Waals surface area contributed by atoms with Crippen LogP contribution in [0.2, 0.25) is 0 Å². The van der Waals surface area contributed by atoms with E-state index in [1.54, 1.807) is 12.1 Å². The predicted molar refractivity (Wildman–Crippen MR) is 72.2 cm³/mol. The van der Waals surface area contributed by atoms with E-state index in [0.717, 1.165) is 24.3 Å². The van der Waals surface area contributed by atoms with Gasteiger partial charge in [0.05, 0.1) is 4.90 Å². The molecule has 0 unspecified atom stereocenters. The van der Waals surface area contributed by atoms with Crippen molar-refractivity contribution in [2.75, 3.05) is 6.61 Å². The average molecular weight is 274 g/mol. The Bertz CT molecular complexity index is 421. The van der Waals surface area contributed by atoms with Crippen molar-refractivity contribution in [3.8, 4) is 0 Å². The molecular formula is C13H22O4S. The zero-order chi connectivity index (χ0) is 14.2. The molecule has 0 aliphatic heterocycles. The molecule has 0 heterocycles. The van der Waals surface area contributed by atoms with Gasteiger partial charge in [-0.15, -0.1) is 0 Å². The highest BCUT2D eigenvalue weighted by Crippen LogP contribution is 2.08. The summed E-state index contributed by atoms with van der Waals surface area (Å²) in [6.07, 6.45) is 2.11. The van der Waals surface area contributed by atoms with Crippen LogP contribution in [-0.4, -0.2) is 24.7 Å². The van der Waals surface area contributed by atoms with Crippen LogP contribution in [-0.2, 0) is 10.1 Å². The van der Waals surface area contributed by atoms with Gasteiger partial charge in [-0.2, -0.15) is 8.42 Å². The third-order valence-electron chi connectivity index (χ3n) is 2.26. The minimum atomic E-state index is -4.02. The number of hydrogen-bond acceptors (Lipinski definition) is 3. The summed E-state index contributed by atoms with van der Waals surface area (Å²) in [5, 5.41) is 8.32. The molecule has 0 atom stereocenters. The van der Waals surface area contributed by atoms with Crippen LogP contribution in [0.4, 0.5) is 0 Å². The van der Waals surface area contributed by atoms with Crippen LogP contribution in [0.25, 0.3) is 0 Å². The van der Waals surface area contributed by atoms with Crippen LogP contribution in [0.15, 0.2) is 29.2 Å². The van der Waals surface area contributed by atoms with E-state index in [1.165, 1.54) is 12.1 Å². The Morgan fingerprint density at radius 1 is 1.17 bits per heavy atom.